The molecule has 7 nitrogen and oxygen atoms in total. The van der Waals surface area contributed by atoms with Gasteiger partial charge in [-0.25, -0.2) is 0 Å². The maximum atomic E-state index is 13.1. The van der Waals surface area contributed by atoms with E-state index in [1.54, 1.807) is 17.4 Å². The summed E-state index contributed by atoms with van der Waals surface area (Å²) < 4.78 is 1.98. The lowest BCUT2D eigenvalue weighted by Crippen LogP contribution is -2.40. The van der Waals surface area contributed by atoms with E-state index in [-0.39, 0.29) is 11.7 Å². The fraction of sp³-hybridized carbons (Fsp3) is 0.0714. The molecule has 0 fully saturated rings. The first kappa shape index (κ1) is 23.3. The van der Waals surface area contributed by atoms with Crippen LogP contribution in [0.25, 0.3) is 17.1 Å². The monoisotopic (exact) mass is 492 g/mol. The van der Waals surface area contributed by atoms with Gasteiger partial charge in [0.25, 0.3) is 0 Å². The van der Waals surface area contributed by atoms with Crippen molar-refractivity contribution in [3.63, 3.8) is 0 Å². The van der Waals surface area contributed by atoms with E-state index >= 15 is 0 Å². The number of rotatable bonds is 8. The van der Waals surface area contributed by atoms with Crippen molar-refractivity contribution in [3.05, 3.63) is 115 Å². The minimum atomic E-state index is -0.157. The van der Waals surface area contributed by atoms with Crippen LogP contribution in [0.2, 0.25) is 0 Å². The first-order valence-corrected chi connectivity index (χ1v) is 12.4. The Balaban J connectivity index is 1.41. The Bertz CT molecular complexity index is 1400. The summed E-state index contributed by atoms with van der Waals surface area (Å²) in [5.74, 6) is 0.679. The van der Waals surface area contributed by atoms with Gasteiger partial charge in [-0.3, -0.25) is 24.8 Å². The highest BCUT2D eigenvalue weighted by Gasteiger charge is 2.19. The Morgan fingerprint density at radius 1 is 0.861 bits per heavy atom. The third-order valence-corrected chi connectivity index (χ3v) is 6.44. The standard InChI is InChI=1S/C28H24N6OS/c1-21-11-8-9-17-25(21)33-27(22-12-10-18-29-19-22)30-31-28(33)36-20-26(35)32-34(23-13-4-2-5-14-23)24-15-6-3-7-16-24/h2-19H,20H2,1H3,(H,32,35). The molecule has 0 radical (unpaired) electrons. The van der Waals surface area contributed by atoms with E-state index in [9.17, 15) is 4.79 Å². The van der Waals surface area contributed by atoms with Crippen LogP contribution in [0.3, 0.4) is 0 Å². The highest BCUT2D eigenvalue weighted by atomic mass is 32.2. The van der Waals surface area contributed by atoms with E-state index in [1.807, 2.05) is 109 Å². The Labute approximate surface area is 213 Å². The molecule has 0 saturated carbocycles. The summed E-state index contributed by atoms with van der Waals surface area (Å²) >= 11 is 1.34. The van der Waals surface area contributed by atoms with Gasteiger partial charge in [0.2, 0.25) is 5.91 Å². The van der Waals surface area contributed by atoms with Crippen LogP contribution in [0.4, 0.5) is 11.4 Å². The number of nitrogens with one attached hydrogen (secondary N) is 1. The Morgan fingerprint density at radius 2 is 1.53 bits per heavy atom. The molecule has 0 aliphatic rings. The third kappa shape index (κ3) is 5.13. The van der Waals surface area contributed by atoms with Gasteiger partial charge in [-0.15, -0.1) is 10.2 Å². The molecule has 0 bridgehead atoms. The van der Waals surface area contributed by atoms with Crippen molar-refractivity contribution in [2.24, 2.45) is 0 Å². The molecule has 0 aliphatic heterocycles. The highest BCUT2D eigenvalue weighted by Crippen LogP contribution is 2.29. The van der Waals surface area contributed by atoms with Crippen molar-refractivity contribution in [3.8, 4) is 17.1 Å². The molecule has 1 amide bonds. The molecule has 5 aromatic rings. The number of hydrogen-bond acceptors (Lipinski definition) is 6. The van der Waals surface area contributed by atoms with E-state index in [1.165, 1.54) is 11.8 Å². The second-order valence-corrected chi connectivity index (χ2v) is 8.94. The number of hydrazine groups is 1. The molecule has 2 heterocycles. The lowest BCUT2D eigenvalue weighted by atomic mass is 10.2. The molecule has 178 valence electrons. The number of aryl methyl sites for hydroxylation is 1. The van der Waals surface area contributed by atoms with Crippen molar-refractivity contribution in [1.82, 2.24) is 25.2 Å². The number of hydrogen-bond donors (Lipinski definition) is 1. The number of thioether (sulfide) groups is 1. The van der Waals surface area contributed by atoms with E-state index < -0.39 is 0 Å². The van der Waals surface area contributed by atoms with Crippen LogP contribution in [0.1, 0.15) is 5.56 Å². The number of aromatic nitrogens is 4. The summed E-state index contributed by atoms with van der Waals surface area (Å²) in [5, 5.41) is 11.3. The lowest BCUT2D eigenvalue weighted by molar-refractivity contribution is -0.118. The minimum Gasteiger partial charge on any atom is -0.272 e. The van der Waals surface area contributed by atoms with E-state index in [4.69, 9.17) is 0 Å². The van der Waals surface area contributed by atoms with Crippen LogP contribution in [0.5, 0.6) is 0 Å². The first-order chi connectivity index (χ1) is 17.7. The number of anilines is 2. The van der Waals surface area contributed by atoms with Crippen molar-refractivity contribution in [2.75, 3.05) is 10.8 Å². The van der Waals surface area contributed by atoms with Crippen LogP contribution >= 0.6 is 11.8 Å². The molecule has 3 aromatic carbocycles. The largest absolute Gasteiger partial charge is 0.272 e. The molecule has 36 heavy (non-hydrogen) atoms. The van der Waals surface area contributed by atoms with E-state index in [2.05, 4.69) is 20.6 Å². The van der Waals surface area contributed by atoms with Crippen LogP contribution in [0.15, 0.2) is 115 Å². The number of carbonyl (C=O) groups excluding carboxylic acids is 1. The SMILES string of the molecule is Cc1ccccc1-n1c(SCC(=O)NN(c2ccccc2)c2ccccc2)nnc1-c1cccnc1. The van der Waals surface area contributed by atoms with Gasteiger partial charge in [0.15, 0.2) is 11.0 Å². The number of amides is 1. The smallest absolute Gasteiger partial charge is 0.249 e. The number of carbonyl (C=O) groups is 1. The Kier molecular flexibility index (Phi) is 7.05. The van der Waals surface area contributed by atoms with E-state index in [0.717, 1.165) is 28.2 Å². The van der Waals surface area contributed by atoms with Gasteiger partial charge >= 0.3 is 0 Å². The minimum absolute atomic E-state index is 0.157. The molecule has 0 aliphatic carbocycles. The Morgan fingerprint density at radius 3 is 2.17 bits per heavy atom. The van der Waals surface area contributed by atoms with Crippen LogP contribution in [-0.2, 0) is 4.79 Å². The predicted octanol–water partition coefficient (Wildman–Crippen LogP) is 5.60. The van der Waals surface area contributed by atoms with Gasteiger partial charge in [-0.1, -0.05) is 66.4 Å². The molecule has 0 atom stereocenters. The maximum Gasteiger partial charge on any atom is 0.249 e. The Hall–Kier alpha value is -4.43. The summed E-state index contributed by atoms with van der Waals surface area (Å²) in [5.41, 5.74) is 7.65. The third-order valence-electron chi connectivity index (χ3n) is 5.51. The average Bonchev–Trinajstić information content (AvgIpc) is 3.36. The molecule has 5 rings (SSSR count). The zero-order chi connectivity index (χ0) is 24.7. The fourth-order valence-electron chi connectivity index (χ4n) is 3.80. The van der Waals surface area contributed by atoms with E-state index in [0.29, 0.717) is 11.0 Å². The summed E-state index contributed by atoms with van der Waals surface area (Å²) in [6.45, 7) is 2.04. The highest BCUT2D eigenvalue weighted by molar-refractivity contribution is 7.99. The maximum absolute atomic E-state index is 13.1. The zero-order valence-electron chi connectivity index (χ0n) is 19.7. The molecule has 8 heteroatoms. The number of nitrogens with zero attached hydrogens (tertiary/aromatic N) is 5. The summed E-state index contributed by atoms with van der Waals surface area (Å²) in [4.78, 5) is 17.4. The molecule has 1 N–H and O–H groups in total. The molecular weight excluding hydrogens is 468 g/mol. The second-order valence-electron chi connectivity index (χ2n) is 8.00. The first-order valence-electron chi connectivity index (χ1n) is 11.4. The van der Waals surface area contributed by atoms with Crippen LogP contribution in [-0.4, -0.2) is 31.4 Å². The molecule has 2 aromatic heterocycles. The van der Waals surface area contributed by atoms with Crippen molar-refractivity contribution < 1.29 is 4.79 Å². The van der Waals surface area contributed by atoms with Crippen molar-refractivity contribution in [1.29, 1.82) is 0 Å². The van der Waals surface area contributed by atoms with Crippen molar-refractivity contribution in [2.45, 2.75) is 12.1 Å². The van der Waals surface area contributed by atoms with Gasteiger partial charge in [0.05, 0.1) is 22.8 Å². The molecule has 0 spiro atoms. The van der Waals surface area contributed by atoms with Gasteiger partial charge in [0.1, 0.15) is 0 Å². The zero-order valence-corrected chi connectivity index (χ0v) is 20.5. The van der Waals surface area contributed by atoms with Gasteiger partial charge in [-0.2, -0.15) is 0 Å². The molecular formula is C28H24N6OS. The van der Waals surface area contributed by atoms with Gasteiger partial charge in [0, 0.05) is 18.0 Å². The van der Waals surface area contributed by atoms with Crippen LogP contribution < -0.4 is 10.4 Å². The number of pyridine rings is 1. The summed E-state index contributed by atoms with van der Waals surface area (Å²) in [6.07, 6.45) is 3.49. The molecule has 0 unspecified atom stereocenters. The average molecular weight is 493 g/mol. The predicted molar refractivity (Wildman–Crippen MR) is 143 cm³/mol. The van der Waals surface area contributed by atoms with Gasteiger partial charge < -0.3 is 0 Å². The topological polar surface area (TPSA) is 75.9 Å². The quantitative estimate of drug-likeness (QED) is 0.224. The van der Waals surface area contributed by atoms with Crippen molar-refractivity contribution >= 4 is 29.0 Å². The summed E-state index contributed by atoms with van der Waals surface area (Å²) in [7, 11) is 0. The summed E-state index contributed by atoms with van der Waals surface area (Å²) in [6, 6.07) is 31.3. The van der Waals surface area contributed by atoms with Crippen LogP contribution in [0, 0.1) is 6.92 Å². The number of para-hydroxylation sites is 3. The molecule has 0 saturated heterocycles. The fourth-order valence-corrected chi connectivity index (χ4v) is 4.53. The van der Waals surface area contributed by atoms with Gasteiger partial charge in [-0.05, 0) is 55.0 Å². The lowest BCUT2D eigenvalue weighted by Gasteiger charge is -2.25. The normalized spacial score (nSPS) is 10.7. The second kappa shape index (κ2) is 10.9. The number of benzene rings is 3.